The Balaban J connectivity index is 2.42. The number of carbonyl (C=O) groups is 1. The van der Waals surface area contributed by atoms with Crippen molar-refractivity contribution in [1.82, 2.24) is 14.5 Å². The van der Waals surface area contributed by atoms with Gasteiger partial charge in [-0.2, -0.15) is 0 Å². The first-order valence-electron chi connectivity index (χ1n) is 11.4. The molecular weight excluding hydrogens is 382 g/mol. The molecule has 0 saturated heterocycles. The molecule has 1 fully saturated rings. The van der Waals surface area contributed by atoms with Crippen molar-refractivity contribution in [3.63, 3.8) is 0 Å². The lowest BCUT2D eigenvalue weighted by Gasteiger charge is -2.34. The number of nitrogens with zero attached hydrogens (tertiary/aromatic N) is 3. The molecule has 8 heteroatoms. The minimum Gasteiger partial charge on any atom is -0.383 e. The van der Waals surface area contributed by atoms with E-state index in [4.69, 9.17) is 5.73 Å². The van der Waals surface area contributed by atoms with Crippen molar-refractivity contribution < 1.29 is 4.79 Å². The van der Waals surface area contributed by atoms with Crippen LogP contribution in [0.5, 0.6) is 0 Å². The molecule has 1 aromatic rings. The lowest BCUT2D eigenvalue weighted by Crippen LogP contribution is -2.49. The van der Waals surface area contributed by atoms with Gasteiger partial charge in [0.15, 0.2) is 5.69 Å². The van der Waals surface area contributed by atoms with Gasteiger partial charge in [-0.1, -0.05) is 40.0 Å². The number of aromatic amines is 1. The highest BCUT2D eigenvalue weighted by molar-refractivity contribution is 5.96. The largest absolute Gasteiger partial charge is 0.383 e. The molecule has 1 aliphatic carbocycles. The molecule has 0 radical (unpaired) electrons. The topological polar surface area (TPSA) is 104 Å². The summed E-state index contributed by atoms with van der Waals surface area (Å²) in [5.41, 5.74) is 5.26. The Morgan fingerprint density at radius 3 is 2.37 bits per heavy atom. The first-order chi connectivity index (χ1) is 14.2. The Labute approximate surface area is 179 Å². The minimum absolute atomic E-state index is 0.0684. The summed E-state index contributed by atoms with van der Waals surface area (Å²) in [6, 6.07) is 0.628. The average molecular weight is 422 g/mol. The monoisotopic (exact) mass is 421 g/mol. The van der Waals surface area contributed by atoms with Crippen LogP contribution in [0.15, 0.2) is 9.59 Å². The van der Waals surface area contributed by atoms with E-state index in [1.165, 1.54) is 22.3 Å². The second kappa shape index (κ2) is 10.8. The maximum Gasteiger partial charge on any atom is 0.330 e. The van der Waals surface area contributed by atoms with Gasteiger partial charge in [0.25, 0.3) is 5.56 Å². The van der Waals surface area contributed by atoms with Crippen LogP contribution in [0.25, 0.3) is 0 Å². The number of anilines is 2. The average Bonchev–Trinajstić information content (AvgIpc) is 3.19. The zero-order valence-corrected chi connectivity index (χ0v) is 19.2. The first-order valence-corrected chi connectivity index (χ1v) is 11.4. The van der Waals surface area contributed by atoms with Gasteiger partial charge in [0.2, 0.25) is 5.91 Å². The predicted octanol–water partition coefficient (Wildman–Crippen LogP) is 2.56. The number of amides is 1. The van der Waals surface area contributed by atoms with Gasteiger partial charge in [-0.25, -0.2) is 4.79 Å². The van der Waals surface area contributed by atoms with Crippen molar-refractivity contribution in [3.8, 4) is 0 Å². The van der Waals surface area contributed by atoms with E-state index in [-0.39, 0.29) is 35.9 Å². The fourth-order valence-electron chi connectivity index (χ4n) is 4.27. The van der Waals surface area contributed by atoms with Crippen molar-refractivity contribution in [1.29, 1.82) is 0 Å². The Bertz CT molecular complexity index is 821. The van der Waals surface area contributed by atoms with Crippen molar-refractivity contribution in [2.24, 2.45) is 5.92 Å². The quantitative estimate of drug-likeness (QED) is 0.604. The summed E-state index contributed by atoms with van der Waals surface area (Å²) in [4.78, 5) is 44.6. The number of aromatic nitrogens is 2. The Morgan fingerprint density at radius 2 is 1.83 bits per heavy atom. The second-order valence-electron chi connectivity index (χ2n) is 9.10. The highest BCUT2D eigenvalue weighted by atomic mass is 16.2. The van der Waals surface area contributed by atoms with E-state index in [1.54, 1.807) is 0 Å². The van der Waals surface area contributed by atoms with Crippen LogP contribution >= 0.6 is 0 Å². The number of H-pyrrole nitrogens is 1. The minimum atomic E-state index is -0.598. The van der Waals surface area contributed by atoms with Crippen LogP contribution in [0.3, 0.4) is 0 Å². The standard InChI is InChI=1S/C22H39N5O3/c1-6-7-12-25(18(28)14-26(16(4)5)17-10-8-9-11-17)19-20(23)27(13-15(2)3)22(30)24-21(19)29/h15-17H,6-14,23H2,1-5H3,(H,24,29,30). The number of hydrogen-bond acceptors (Lipinski definition) is 5. The fourth-order valence-corrected chi connectivity index (χ4v) is 4.27. The third kappa shape index (κ3) is 5.74. The Morgan fingerprint density at radius 1 is 1.20 bits per heavy atom. The lowest BCUT2D eigenvalue weighted by atomic mass is 10.1. The SMILES string of the molecule is CCCCN(C(=O)CN(C(C)C)C1CCCC1)c1c(N)n(CC(C)C)c(=O)[nH]c1=O. The van der Waals surface area contributed by atoms with Crippen LogP contribution in [0.2, 0.25) is 0 Å². The molecule has 30 heavy (non-hydrogen) atoms. The van der Waals surface area contributed by atoms with Gasteiger partial charge in [0, 0.05) is 25.2 Å². The third-order valence-electron chi connectivity index (χ3n) is 5.84. The molecule has 0 bridgehead atoms. The molecule has 0 aromatic carbocycles. The molecule has 0 spiro atoms. The maximum absolute atomic E-state index is 13.4. The molecule has 8 nitrogen and oxygen atoms in total. The second-order valence-corrected chi connectivity index (χ2v) is 9.10. The van der Waals surface area contributed by atoms with Crippen LogP contribution in [0.1, 0.15) is 73.1 Å². The van der Waals surface area contributed by atoms with Crippen molar-refractivity contribution in [2.75, 3.05) is 23.7 Å². The molecule has 3 N–H and O–H groups in total. The Hall–Kier alpha value is -2.09. The van der Waals surface area contributed by atoms with Gasteiger partial charge < -0.3 is 10.6 Å². The van der Waals surface area contributed by atoms with Crippen molar-refractivity contribution in [2.45, 2.75) is 91.8 Å². The van der Waals surface area contributed by atoms with E-state index in [1.807, 2.05) is 20.8 Å². The smallest absolute Gasteiger partial charge is 0.330 e. The zero-order chi connectivity index (χ0) is 22.4. The molecule has 0 atom stereocenters. The summed E-state index contributed by atoms with van der Waals surface area (Å²) in [5.74, 6) is 0.0946. The summed E-state index contributed by atoms with van der Waals surface area (Å²) in [5, 5.41) is 0. The van der Waals surface area contributed by atoms with E-state index >= 15 is 0 Å². The summed E-state index contributed by atoms with van der Waals surface area (Å²) in [6.45, 7) is 11.2. The van der Waals surface area contributed by atoms with E-state index in [9.17, 15) is 14.4 Å². The van der Waals surface area contributed by atoms with Crippen LogP contribution in [-0.4, -0.2) is 45.5 Å². The first kappa shape index (κ1) is 24.2. The van der Waals surface area contributed by atoms with Crippen LogP contribution in [-0.2, 0) is 11.3 Å². The van der Waals surface area contributed by atoms with Crippen LogP contribution in [0, 0.1) is 5.92 Å². The predicted molar refractivity (Wildman–Crippen MR) is 122 cm³/mol. The number of unbranched alkanes of at least 4 members (excludes halogenated alkanes) is 1. The number of nitrogens with two attached hydrogens (primary N) is 1. The normalized spacial score (nSPS) is 14.9. The van der Waals surface area contributed by atoms with Gasteiger partial charge in [-0.15, -0.1) is 0 Å². The van der Waals surface area contributed by atoms with Gasteiger partial charge in [0.1, 0.15) is 5.82 Å². The highest BCUT2D eigenvalue weighted by Gasteiger charge is 2.30. The number of nitrogen functional groups attached to an aromatic ring is 1. The van der Waals surface area contributed by atoms with Crippen LogP contribution < -0.4 is 21.9 Å². The maximum atomic E-state index is 13.4. The van der Waals surface area contributed by atoms with Crippen molar-refractivity contribution in [3.05, 3.63) is 20.8 Å². The number of carbonyl (C=O) groups excluding carboxylic acids is 1. The van der Waals surface area contributed by atoms with E-state index < -0.39 is 11.2 Å². The highest BCUT2D eigenvalue weighted by Crippen LogP contribution is 2.26. The van der Waals surface area contributed by atoms with Gasteiger partial charge >= 0.3 is 5.69 Å². The molecule has 1 saturated carbocycles. The van der Waals surface area contributed by atoms with E-state index in [2.05, 4.69) is 23.7 Å². The summed E-state index contributed by atoms with van der Waals surface area (Å²) < 4.78 is 1.37. The molecule has 1 amide bonds. The molecule has 0 aliphatic heterocycles. The van der Waals surface area contributed by atoms with E-state index in [0.29, 0.717) is 19.1 Å². The summed E-state index contributed by atoms with van der Waals surface area (Å²) >= 11 is 0. The Kier molecular flexibility index (Phi) is 8.70. The molecule has 2 rings (SSSR count). The van der Waals surface area contributed by atoms with Crippen molar-refractivity contribution >= 4 is 17.4 Å². The third-order valence-corrected chi connectivity index (χ3v) is 5.84. The molecule has 170 valence electrons. The number of rotatable bonds is 10. The molecule has 1 aliphatic rings. The molecule has 1 aromatic heterocycles. The number of nitrogens with one attached hydrogen (secondary N) is 1. The van der Waals surface area contributed by atoms with Crippen LogP contribution in [0.4, 0.5) is 11.5 Å². The van der Waals surface area contributed by atoms with Gasteiger partial charge in [-0.3, -0.25) is 24.0 Å². The van der Waals surface area contributed by atoms with Gasteiger partial charge in [-0.05, 0) is 39.0 Å². The molecular formula is C22H39N5O3. The lowest BCUT2D eigenvalue weighted by molar-refractivity contribution is -0.120. The number of hydrogen-bond donors (Lipinski definition) is 2. The van der Waals surface area contributed by atoms with E-state index in [0.717, 1.165) is 25.7 Å². The zero-order valence-electron chi connectivity index (χ0n) is 19.2. The molecule has 0 unspecified atom stereocenters. The fraction of sp³-hybridized carbons (Fsp3) is 0.773. The summed E-state index contributed by atoms with van der Waals surface area (Å²) in [6.07, 6.45) is 6.20. The van der Waals surface area contributed by atoms with Gasteiger partial charge in [0.05, 0.1) is 6.54 Å². The summed E-state index contributed by atoms with van der Waals surface area (Å²) in [7, 11) is 0. The molecule has 1 heterocycles.